The van der Waals surface area contributed by atoms with Gasteiger partial charge in [-0.3, -0.25) is 0 Å². The van der Waals surface area contributed by atoms with Crippen molar-refractivity contribution >= 4 is 23.1 Å². The van der Waals surface area contributed by atoms with E-state index in [9.17, 15) is 0 Å². The molecule has 0 radical (unpaired) electrons. The van der Waals surface area contributed by atoms with Crippen molar-refractivity contribution < 1.29 is 4.74 Å². The number of nitrogens with zero attached hydrogens (tertiary/aromatic N) is 3. The Morgan fingerprint density at radius 1 is 1.12 bits per heavy atom. The second-order valence-electron chi connectivity index (χ2n) is 7.10. The zero-order valence-corrected chi connectivity index (χ0v) is 15.4. The highest BCUT2D eigenvalue weighted by atomic mass is 16.5. The summed E-state index contributed by atoms with van der Waals surface area (Å²) in [5, 5.41) is 6.70. The number of aryl methyl sites for hydroxylation is 1. The molecule has 0 amide bonds. The minimum Gasteiger partial charge on any atom is -0.376 e. The largest absolute Gasteiger partial charge is 0.376 e. The maximum atomic E-state index is 5.66. The Morgan fingerprint density at radius 3 is 2.65 bits per heavy atom. The van der Waals surface area contributed by atoms with Crippen LogP contribution in [0.25, 0.3) is 0 Å². The number of nitrogens with one attached hydrogen (secondary N) is 2. The SMILES string of the molecule is Cc1cc(NCC2CCCO2)nc(Nc2ccc(N3CCCC3)cc2)n1. The van der Waals surface area contributed by atoms with Gasteiger partial charge in [-0.25, -0.2) is 4.98 Å². The molecule has 6 nitrogen and oxygen atoms in total. The molecule has 2 saturated heterocycles. The molecule has 2 aliphatic heterocycles. The third-order valence-electron chi connectivity index (χ3n) is 4.98. The Balaban J connectivity index is 1.40. The van der Waals surface area contributed by atoms with Gasteiger partial charge in [-0.1, -0.05) is 0 Å². The molecule has 138 valence electrons. The lowest BCUT2D eigenvalue weighted by atomic mass is 10.2. The molecule has 0 spiro atoms. The molecule has 3 heterocycles. The number of ether oxygens (including phenoxy) is 1. The molecule has 4 rings (SSSR count). The second kappa shape index (κ2) is 7.91. The molecular weight excluding hydrogens is 326 g/mol. The van der Waals surface area contributed by atoms with E-state index in [1.54, 1.807) is 0 Å². The van der Waals surface area contributed by atoms with Crippen LogP contribution in [0.3, 0.4) is 0 Å². The third kappa shape index (κ3) is 4.25. The number of benzene rings is 1. The molecule has 2 aromatic rings. The summed E-state index contributed by atoms with van der Waals surface area (Å²) in [4.78, 5) is 11.5. The van der Waals surface area contributed by atoms with E-state index in [4.69, 9.17) is 4.74 Å². The van der Waals surface area contributed by atoms with E-state index < -0.39 is 0 Å². The van der Waals surface area contributed by atoms with Gasteiger partial charge in [0.05, 0.1) is 6.10 Å². The van der Waals surface area contributed by atoms with Crippen LogP contribution in [0.1, 0.15) is 31.4 Å². The van der Waals surface area contributed by atoms with Gasteiger partial charge in [-0.05, 0) is 56.9 Å². The van der Waals surface area contributed by atoms with E-state index in [-0.39, 0.29) is 0 Å². The highest BCUT2D eigenvalue weighted by Crippen LogP contribution is 2.23. The first-order chi connectivity index (χ1) is 12.8. The van der Waals surface area contributed by atoms with E-state index >= 15 is 0 Å². The van der Waals surface area contributed by atoms with Crippen LogP contribution in [0.5, 0.6) is 0 Å². The monoisotopic (exact) mass is 353 g/mol. The zero-order chi connectivity index (χ0) is 17.8. The first-order valence-corrected chi connectivity index (χ1v) is 9.59. The topological polar surface area (TPSA) is 62.3 Å². The summed E-state index contributed by atoms with van der Waals surface area (Å²) in [5.74, 6) is 1.46. The molecule has 6 heteroatoms. The quantitative estimate of drug-likeness (QED) is 0.825. The average Bonchev–Trinajstić information content (AvgIpc) is 3.34. The Labute approximate surface area is 155 Å². The van der Waals surface area contributed by atoms with Crippen LogP contribution in [-0.2, 0) is 4.74 Å². The zero-order valence-electron chi connectivity index (χ0n) is 15.4. The van der Waals surface area contributed by atoms with Gasteiger partial charge in [0.15, 0.2) is 0 Å². The second-order valence-corrected chi connectivity index (χ2v) is 7.10. The van der Waals surface area contributed by atoms with Crippen LogP contribution in [-0.4, -0.2) is 42.3 Å². The molecule has 1 aromatic carbocycles. The van der Waals surface area contributed by atoms with Crippen molar-refractivity contribution in [1.29, 1.82) is 0 Å². The lowest BCUT2D eigenvalue weighted by Crippen LogP contribution is -2.19. The minimum atomic E-state index is 0.291. The molecule has 0 saturated carbocycles. The summed E-state index contributed by atoms with van der Waals surface area (Å²) in [6, 6.07) is 10.5. The Kier molecular flexibility index (Phi) is 5.20. The maximum Gasteiger partial charge on any atom is 0.229 e. The minimum absolute atomic E-state index is 0.291. The summed E-state index contributed by atoms with van der Waals surface area (Å²) in [6.07, 6.45) is 5.14. The summed E-state index contributed by atoms with van der Waals surface area (Å²) in [6.45, 7) is 5.97. The fraction of sp³-hybridized carbons (Fsp3) is 0.500. The third-order valence-corrected chi connectivity index (χ3v) is 4.98. The van der Waals surface area contributed by atoms with Crippen molar-refractivity contribution in [3.63, 3.8) is 0 Å². The number of rotatable bonds is 6. The predicted octanol–water partition coefficient (Wildman–Crippen LogP) is 3.72. The molecule has 26 heavy (non-hydrogen) atoms. The van der Waals surface area contributed by atoms with Crippen LogP contribution in [0.15, 0.2) is 30.3 Å². The number of aromatic nitrogens is 2. The van der Waals surface area contributed by atoms with E-state index in [1.165, 1.54) is 18.5 Å². The molecule has 0 aliphatic carbocycles. The van der Waals surface area contributed by atoms with Gasteiger partial charge >= 0.3 is 0 Å². The highest BCUT2D eigenvalue weighted by molar-refractivity contribution is 5.60. The van der Waals surface area contributed by atoms with Crippen LogP contribution in [0, 0.1) is 6.92 Å². The molecule has 0 bridgehead atoms. The lowest BCUT2D eigenvalue weighted by molar-refractivity contribution is 0.120. The van der Waals surface area contributed by atoms with Crippen LogP contribution < -0.4 is 15.5 Å². The van der Waals surface area contributed by atoms with Gasteiger partial charge in [0, 0.05) is 49.4 Å². The summed E-state index contributed by atoms with van der Waals surface area (Å²) in [7, 11) is 0. The van der Waals surface area contributed by atoms with Gasteiger partial charge in [0.1, 0.15) is 5.82 Å². The van der Waals surface area contributed by atoms with Crippen LogP contribution >= 0.6 is 0 Å². The van der Waals surface area contributed by atoms with E-state index in [0.717, 1.165) is 56.3 Å². The number of hydrogen-bond acceptors (Lipinski definition) is 6. The van der Waals surface area contributed by atoms with Crippen molar-refractivity contribution in [2.75, 3.05) is 41.8 Å². The molecular formula is C20H27N5O. The Morgan fingerprint density at radius 2 is 1.92 bits per heavy atom. The normalized spacial score (nSPS) is 19.7. The summed E-state index contributed by atoms with van der Waals surface area (Å²) >= 11 is 0. The van der Waals surface area contributed by atoms with Gasteiger partial charge < -0.3 is 20.3 Å². The average molecular weight is 353 g/mol. The highest BCUT2D eigenvalue weighted by Gasteiger charge is 2.15. The van der Waals surface area contributed by atoms with E-state index in [2.05, 4.69) is 49.8 Å². The number of anilines is 4. The summed E-state index contributed by atoms with van der Waals surface area (Å²) < 4.78 is 5.66. The van der Waals surface area contributed by atoms with Crippen molar-refractivity contribution in [2.24, 2.45) is 0 Å². The van der Waals surface area contributed by atoms with Crippen LogP contribution in [0.2, 0.25) is 0 Å². The van der Waals surface area contributed by atoms with Crippen molar-refractivity contribution in [2.45, 2.75) is 38.7 Å². The number of hydrogen-bond donors (Lipinski definition) is 2. The van der Waals surface area contributed by atoms with Gasteiger partial charge in [0.25, 0.3) is 0 Å². The first kappa shape index (κ1) is 17.1. The summed E-state index contributed by atoms with van der Waals surface area (Å²) in [5.41, 5.74) is 3.23. The van der Waals surface area contributed by atoms with Crippen molar-refractivity contribution in [3.05, 3.63) is 36.0 Å². The fourth-order valence-corrected chi connectivity index (χ4v) is 3.60. The predicted molar refractivity (Wildman–Crippen MR) is 105 cm³/mol. The van der Waals surface area contributed by atoms with Gasteiger partial charge in [-0.15, -0.1) is 0 Å². The molecule has 2 aliphatic rings. The van der Waals surface area contributed by atoms with Crippen molar-refractivity contribution in [3.8, 4) is 0 Å². The first-order valence-electron chi connectivity index (χ1n) is 9.59. The standard InChI is InChI=1S/C20H27N5O/c1-15-13-19(21-14-18-5-4-12-26-18)24-20(22-15)23-16-6-8-17(9-7-16)25-10-2-3-11-25/h6-9,13,18H,2-5,10-12,14H2,1H3,(H2,21,22,23,24). The van der Waals surface area contributed by atoms with Gasteiger partial charge in [0.2, 0.25) is 5.95 Å². The Hall–Kier alpha value is -2.34. The van der Waals surface area contributed by atoms with E-state index in [0.29, 0.717) is 12.1 Å². The fourth-order valence-electron chi connectivity index (χ4n) is 3.60. The van der Waals surface area contributed by atoms with E-state index in [1.807, 2.05) is 13.0 Å². The smallest absolute Gasteiger partial charge is 0.229 e. The molecule has 1 unspecified atom stereocenters. The maximum absolute atomic E-state index is 5.66. The van der Waals surface area contributed by atoms with Crippen LogP contribution in [0.4, 0.5) is 23.1 Å². The van der Waals surface area contributed by atoms with Crippen molar-refractivity contribution in [1.82, 2.24) is 9.97 Å². The lowest BCUT2D eigenvalue weighted by Gasteiger charge is -2.18. The molecule has 2 fully saturated rings. The molecule has 1 atom stereocenters. The Bertz CT molecular complexity index is 721. The molecule has 1 aromatic heterocycles. The van der Waals surface area contributed by atoms with Gasteiger partial charge in [-0.2, -0.15) is 4.98 Å². The molecule has 2 N–H and O–H groups in total.